The highest BCUT2D eigenvalue weighted by Crippen LogP contribution is 2.64. The largest absolute Gasteiger partial charge is 0.311 e. The van der Waals surface area contributed by atoms with Crippen molar-refractivity contribution in [2.45, 2.75) is 143 Å². The van der Waals surface area contributed by atoms with E-state index in [1.165, 1.54) is 149 Å². The van der Waals surface area contributed by atoms with E-state index in [4.69, 9.17) is 0 Å². The Morgan fingerprint density at radius 2 is 0.902 bits per heavy atom. The van der Waals surface area contributed by atoms with Crippen molar-refractivity contribution < 1.29 is 0 Å². The molecule has 82 heavy (non-hydrogen) atoms. The van der Waals surface area contributed by atoms with Gasteiger partial charge >= 0.3 is 0 Å². The first-order chi connectivity index (χ1) is 38.7. The van der Waals surface area contributed by atoms with Crippen LogP contribution in [0.1, 0.15) is 159 Å². The van der Waals surface area contributed by atoms with E-state index in [2.05, 4.69) is 297 Å². The normalized spacial score (nSPS) is 14.9. The third-order valence-electron chi connectivity index (χ3n) is 18.8. The summed E-state index contributed by atoms with van der Waals surface area (Å²) in [4.78, 5) is 5.29. The Hall–Kier alpha value is -7.40. The molecule has 2 nitrogen and oxygen atoms in total. The van der Waals surface area contributed by atoms with Crippen LogP contribution in [0.15, 0.2) is 176 Å². The molecular weight excluding hydrogens is 1010 g/mol. The predicted octanol–water partition coefficient (Wildman–Crippen LogP) is 19.8. The highest BCUT2D eigenvalue weighted by atomic mass is 32.1. The van der Waals surface area contributed by atoms with Crippen molar-refractivity contribution in [1.29, 1.82) is 0 Å². The van der Waals surface area contributed by atoms with Crippen LogP contribution in [0.3, 0.4) is 0 Å². The molecule has 9 aromatic carbocycles. The molecule has 0 fully saturated rings. The summed E-state index contributed by atoms with van der Waals surface area (Å²) >= 11 is 2.02. The standard InChI is InChI=1S/C78H77BN2S/c1-46-40-66-70-67(41-46)81(52-36-31-49(32-37-52)74(5,6)7)71-57-44-56-55-38-33-50(75(8,9)10)43-62(55)78(58-24-19-17-22-53(58)54-23-18-20-25-59(54)78)63(56)45-68(57)82-72(71)79(70)64-39-28-47(69-60(76(11,12)13)26-21-27-61(69)77(14,15)16)42-65(64)80(66)51-34-29-48(30-35-51)73(2,3)4/h17-45H,1-16H3. The van der Waals surface area contributed by atoms with Gasteiger partial charge in [-0.2, -0.15) is 0 Å². The molecule has 0 unspecified atom stereocenters. The van der Waals surface area contributed by atoms with Crippen LogP contribution < -0.4 is 25.5 Å². The Labute approximate surface area is 493 Å². The molecule has 2 aliphatic carbocycles. The second-order valence-electron chi connectivity index (χ2n) is 29.5. The molecule has 10 aromatic rings. The Kier molecular flexibility index (Phi) is 11.3. The number of fused-ring (bicyclic) bond motifs is 16. The van der Waals surface area contributed by atoms with Crippen LogP contribution >= 0.6 is 11.3 Å². The topological polar surface area (TPSA) is 6.48 Å². The van der Waals surface area contributed by atoms with E-state index in [-0.39, 0.29) is 33.8 Å². The fourth-order valence-electron chi connectivity index (χ4n) is 14.7. The molecule has 0 amide bonds. The molecule has 14 rings (SSSR count). The number of hydrogen-bond donors (Lipinski definition) is 0. The maximum absolute atomic E-state index is 2.67. The summed E-state index contributed by atoms with van der Waals surface area (Å²) in [6, 6.07) is 69.8. The first-order valence-electron chi connectivity index (χ1n) is 29.9. The third-order valence-corrected chi connectivity index (χ3v) is 20.0. The fraction of sp³-hybridized carbons (Fsp3) is 0.282. The van der Waals surface area contributed by atoms with Crippen molar-refractivity contribution in [3.63, 3.8) is 0 Å². The van der Waals surface area contributed by atoms with Crippen LogP contribution in [0.4, 0.5) is 34.1 Å². The van der Waals surface area contributed by atoms with Crippen molar-refractivity contribution in [2.24, 2.45) is 0 Å². The zero-order valence-electron chi connectivity index (χ0n) is 51.1. The second kappa shape index (κ2) is 17.6. The molecule has 0 N–H and O–H groups in total. The predicted molar refractivity (Wildman–Crippen MR) is 356 cm³/mol. The first kappa shape index (κ1) is 52.7. The lowest BCUT2D eigenvalue weighted by molar-refractivity contribution is 0.572. The Bertz CT molecular complexity index is 4230. The molecule has 0 atom stereocenters. The van der Waals surface area contributed by atoms with Gasteiger partial charge in [-0.1, -0.05) is 225 Å². The second-order valence-corrected chi connectivity index (χ2v) is 30.6. The maximum atomic E-state index is 2.67. The van der Waals surface area contributed by atoms with Crippen LogP contribution in [-0.2, 0) is 32.5 Å². The average molecular weight is 1090 g/mol. The first-order valence-corrected chi connectivity index (χ1v) is 30.8. The molecule has 3 heterocycles. The molecule has 0 bridgehead atoms. The van der Waals surface area contributed by atoms with Crippen LogP contribution in [0.5, 0.6) is 0 Å². The zero-order chi connectivity index (χ0) is 57.5. The van der Waals surface area contributed by atoms with Crippen molar-refractivity contribution in [2.75, 3.05) is 9.80 Å². The minimum absolute atomic E-state index is 0.00907. The smallest absolute Gasteiger partial charge is 0.264 e. The minimum Gasteiger partial charge on any atom is -0.311 e. The molecule has 1 spiro atoms. The van der Waals surface area contributed by atoms with Gasteiger partial charge in [-0.05, 0) is 189 Å². The van der Waals surface area contributed by atoms with Crippen LogP contribution in [0.25, 0.3) is 43.5 Å². The van der Waals surface area contributed by atoms with E-state index in [1.807, 2.05) is 11.3 Å². The number of rotatable bonds is 3. The lowest BCUT2D eigenvalue weighted by Gasteiger charge is -2.43. The summed E-state index contributed by atoms with van der Waals surface area (Å²) in [7, 11) is 0. The molecule has 1 aromatic heterocycles. The molecule has 0 saturated carbocycles. The van der Waals surface area contributed by atoms with Gasteiger partial charge in [0, 0.05) is 43.3 Å². The molecule has 4 aliphatic rings. The molecule has 408 valence electrons. The number of benzene rings is 9. The Morgan fingerprint density at radius 1 is 0.402 bits per heavy atom. The van der Waals surface area contributed by atoms with Gasteiger partial charge < -0.3 is 9.80 Å². The Balaban J connectivity index is 1.10. The van der Waals surface area contributed by atoms with Crippen LogP contribution in [0, 0.1) is 6.92 Å². The number of hydrogen-bond acceptors (Lipinski definition) is 3. The average Bonchev–Trinajstić information content (AvgIpc) is 1.79. The van der Waals surface area contributed by atoms with E-state index in [9.17, 15) is 0 Å². The summed E-state index contributed by atoms with van der Waals surface area (Å²) in [5, 5.41) is 1.31. The van der Waals surface area contributed by atoms with Gasteiger partial charge in [-0.3, -0.25) is 0 Å². The quantitative estimate of drug-likeness (QED) is 0.163. The highest BCUT2D eigenvalue weighted by molar-refractivity contribution is 7.33. The highest BCUT2D eigenvalue weighted by Gasteiger charge is 2.53. The van der Waals surface area contributed by atoms with E-state index < -0.39 is 5.41 Å². The summed E-state index contributed by atoms with van der Waals surface area (Å²) < 4.78 is 2.71. The van der Waals surface area contributed by atoms with Crippen molar-refractivity contribution in [3.05, 3.63) is 232 Å². The number of anilines is 6. The van der Waals surface area contributed by atoms with E-state index in [0.717, 1.165) is 0 Å². The summed E-state index contributed by atoms with van der Waals surface area (Å²) in [5.74, 6) is 0. The number of aryl methyl sites for hydroxylation is 1. The van der Waals surface area contributed by atoms with Gasteiger partial charge in [-0.25, -0.2) is 0 Å². The molecule has 2 aliphatic heterocycles. The van der Waals surface area contributed by atoms with E-state index in [0.29, 0.717) is 0 Å². The summed E-state index contributed by atoms with van der Waals surface area (Å²) in [5.41, 5.74) is 31.0. The monoisotopic (exact) mass is 1080 g/mol. The lowest BCUT2D eigenvalue weighted by Crippen LogP contribution is -2.60. The zero-order valence-corrected chi connectivity index (χ0v) is 51.9. The van der Waals surface area contributed by atoms with Gasteiger partial charge in [0.2, 0.25) is 0 Å². The van der Waals surface area contributed by atoms with Crippen molar-refractivity contribution in [1.82, 2.24) is 0 Å². The van der Waals surface area contributed by atoms with Gasteiger partial charge in [0.1, 0.15) is 0 Å². The van der Waals surface area contributed by atoms with E-state index in [1.54, 1.807) is 0 Å². The van der Waals surface area contributed by atoms with E-state index >= 15 is 0 Å². The van der Waals surface area contributed by atoms with Gasteiger partial charge in [-0.15, -0.1) is 11.3 Å². The molecule has 0 saturated heterocycles. The van der Waals surface area contributed by atoms with Gasteiger partial charge in [0.15, 0.2) is 0 Å². The SMILES string of the molecule is Cc1cc2c3c(c1)N(c1ccc(C(C)(C)C)cc1)c1c(sc4cc5c(cc14)-c1ccc(C(C)(C)C)cc1C51c4ccccc4-c4ccccc41)B3c1ccc(-c3c(C(C)(C)C)cccc3C(C)(C)C)cc1N2c1ccc(C(C)(C)C)cc1. The maximum Gasteiger partial charge on any atom is 0.264 e. The summed E-state index contributed by atoms with van der Waals surface area (Å²) in [6.45, 7) is 37.5. The third kappa shape index (κ3) is 7.65. The molecular formula is C78H77BN2S. The number of nitrogens with zero attached hydrogens (tertiary/aromatic N) is 2. The van der Waals surface area contributed by atoms with Gasteiger partial charge in [0.25, 0.3) is 6.71 Å². The lowest BCUT2D eigenvalue weighted by atomic mass is 9.36. The van der Waals surface area contributed by atoms with Crippen LogP contribution in [0.2, 0.25) is 0 Å². The molecule has 4 heteroatoms. The van der Waals surface area contributed by atoms with Gasteiger partial charge in [0.05, 0.1) is 11.1 Å². The Morgan fingerprint density at radius 3 is 1.45 bits per heavy atom. The van der Waals surface area contributed by atoms with Crippen molar-refractivity contribution in [3.8, 4) is 33.4 Å². The number of thiophene rings is 1. The fourth-order valence-corrected chi connectivity index (χ4v) is 16.1. The van der Waals surface area contributed by atoms with Crippen LogP contribution in [-0.4, -0.2) is 6.71 Å². The molecule has 0 radical (unpaired) electrons. The summed E-state index contributed by atoms with van der Waals surface area (Å²) in [6.07, 6.45) is 0. The van der Waals surface area contributed by atoms with Crippen molar-refractivity contribution >= 4 is 78.0 Å². The minimum atomic E-state index is -0.473.